The number of imide groups is 1. The van der Waals surface area contributed by atoms with Gasteiger partial charge in [0.1, 0.15) is 6.54 Å². The van der Waals surface area contributed by atoms with Gasteiger partial charge in [0.15, 0.2) is 0 Å². The number of urea groups is 1. The fourth-order valence-electron chi connectivity index (χ4n) is 2.38. The van der Waals surface area contributed by atoms with Crippen LogP contribution < -0.4 is 16.0 Å². The first-order valence-electron chi connectivity index (χ1n) is 7.31. The first-order valence-corrected chi connectivity index (χ1v) is 7.31. The Morgan fingerprint density at radius 1 is 1.22 bits per heavy atom. The lowest BCUT2D eigenvalue weighted by Gasteiger charge is -2.31. The van der Waals surface area contributed by atoms with Crippen molar-refractivity contribution in [1.29, 1.82) is 0 Å². The van der Waals surface area contributed by atoms with E-state index < -0.39 is 24.7 Å². The predicted octanol–water partition coefficient (Wildman–Crippen LogP) is 1.12. The number of nitrogens with one attached hydrogen (secondary N) is 3. The second kappa shape index (κ2) is 10.7. The molecule has 0 radical (unpaired) electrons. The van der Waals surface area contributed by atoms with Crippen molar-refractivity contribution in [1.82, 2.24) is 20.9 Å². The molecule has 136 valence electrons. The summed E-state index contributed by atoms with van der Waals surface area (Å²) >= 11 is 0. The van der Waals surface area contributed by atoms with Gasteiger partial charge < -0.3 is 10.6 Å². The van der Waals surface area contributed by atoms with E-state index in [2.05, 4.69) is 5.32 Å². The summed E-state index contributed by atoms with van der Waals surface area (Å²) < 4.78 is 35.7. The number of carbonyl (C=O) groups is 2. The van der Waals surface area contributed by atoms with E-state index in [4.69, 9.17) is 0 Å². The SMILES string of the molecule is CNCCC1CCN(CC(=O)NC(=O)NCC(F)(F)F)CC1.Cl. The van der Waals surface area contributed by atoms with Crippen LogP contribution in [0.2, 0.25) is 0 Å². The Balaban J connectivity index is 0.00000484. The van der Waals surface area contributed by atoms with Crippen LogP contribution in [0.4, 0.5) is 18.0 Å². The van der Waals surface area contributed by atoms with E-state index in [9.17, 15) is 22.8 Å². The summed E-state index contributed by atoms with van der Waals surface area (Å²) in [4.78, 5) is 24.6. The molecule has 1 rings (SSSR count). The molecule has 3 amide bonds. The molecule has 1 aliphatic heterocycles. The Kier molecular flexibility index (Phi) is 10.2. The van der Waals surface area contributed by atoms with Gasteiger partial charge in [0, 0.05) is 0 Å². The van der Waals surface area contributed by atoms with Crippen molar-refractivity contribution in [2.75, 3.05) is 39.8 Å². The number of likely N-dealkylation sites (tertiary alicyclic amines) is 1. The zero-order valence-electron chi connectivity index (χ0n) is 13.0. The number of amides is 3. The number of halogens is 4. The van der Waals surface area contributed by atoms with Gasteiger partial charge in [0.2, 0.25) is 5.91 Å². The summed E-state index contributed by atoms with van der Waals surface area (Å²) in [5.74, 6) is 0.0372. The molecule has 23 heavy (non-hydrogen) atoms. The number of nitrogens with zero attached hydrogens (tertiary/aromatic N) is 1. The first-order chi connectivity index (χ1) is 10.3. The van der Waals surface area contributed by atoms with Crippen molar-refractivity contribution in [3.05, 3.63) is 0 Å². The van der Waals surface area contributed by atoms with Crippen LogP contribution in [0.15, 0.2) is 0 Å². The third-order valence-electron chi connectivity index (χ3n) is 3.58. The second-order valence-corrected chi connectivity index (χ2v) is 5.46. The van der Waals surface area contributed by atoms with Crippen LogP contribution in [0.3, 0.4) is 0 Å². The van der Waals surface area contributed by atoms with Crippen molar-refractivity contribution in [2.24, 2.45) is 5.92 Å². The van der Waals surface area contributed by atoms with Gasteiger partial charge in [-0.15, -0.1) is 12.4 Å². The van der Waals surface area contributed by atoms with E-state index in [0.29, 0.717) is 5.92 Å². The highest BCUT2D eigenvalue weighted by atomic mass is 35.5. The Hall–Kier alpha value is -1.06. The fourth-order valence-corrected chi connectivity index (χ4v) is 2.38. The molecule has 0 aromatic heterocycles. The van der Waals surface area contributed by atoms with Crippen LogP contribution in [-0.4, -0.2) is 62.8 Å². The van der Waals surface area contributed by atoms with Crippen molar-refractivity contribution in [3.63, 3.8) is 0 Å². The van der Waals surface area contributed by atoms with Crippen LogP contribution in [0.1, 0.15) is 19.3 Å². The molecule has 1 saturated heterocycles. The molecule has 1 aliphatic rings. The number of hydrogen-bond acceptors (Lipinski definition) is 4. The molecule has 0 bridgehead atoms. The molecule has 0 atom stereocenters. The lowest BCUT2D eigenvalue weighted by atomic mass is 9.93. The molecule has 0 unspecified atom stereocenters. The van der Waals surface area contributed by atoms with E-state index in [0.717, 1.165) is 38.9 Å². The predicted molar refractivity (Wildman–Crippen MR) is 82.6 cm³/mol. The zero-order valence-corrected chi connectivity index (χ0v) is 13.9. The van der Waals surface area contributed by atoms with Crippen molar-refractivity contribution < 1.29 is 22.8 Å². The van der Waals surface area contributed by atoms with Gasteiger partial charge >= 0.3 is 12.2 Å². The van der Waals surface area contributed by atoms with Gasteiger partial charge in [-0.2, -0.15) is 13.2 Å². The maximum atomic E-state index is 11.9. The van der Waals surface area contributed by atoms with E-state index in [1.165, 1.54) is 0 Å². The molecule has 0 spiro atoms. The standard InChI is InChI=1S/C13H23F3N4O2.ClH/c1-17-5-2-10-3-6-20(7-4-10)8-11(21)19-12(22)18-9-13(14,15)16;/h10,17H,2-9H2,1H3,(H2,18,19,21,22);1H. The topological polar surface area (TPSA) is 73.5 Å². The summed E-state index contributed by atoms with van der Waals surface area (Å²) in [5.41, 5.74) is 0. The highest BCUT2D eigenvalue weighted by molar-refractivity contribution is 5.95. The van der Waals surface area contributed by atoms with Gasteiger partial charge in [-0.25, -0.2) is 4.79 Å². The van der Waals surface area contributed by atoms with E-state index in [1.54, 1.807) is 5.32 Å². The van der Waals surface area contributed by atoms with Crippen LogP contribution in [0, 0.1) is 5.92 Å². The molecule has 0 saturated carbocycles. The second-order valence-electron chi connectivity index (χ2n) is 5.46. The van der Waals surface area contributed by atoms with Crippen LogP contribution in [0.25, 0.3) is 0 Å². The third kappa shape index (κ3) is 10.4. The molecule has 1 heterocycles. The maximum absolute atomic E-state index is 11.9. The highest BCUT2D eigenvalue weighted by Crippen LogP contribution is 2.19. The average molecular weight is 361 g/mol. The molecule has 0 aromatic carbocycles. The van der Waals surface area contributed by atoms with E-state index >= 15 is 0 Å². The van der Waals surface area contributed by atoms with Gasteiger partial charge in [-0.3, -0.25) is 15.0 Å². The Labute approximate surface area is 139 Å². The molecule has 0 aromatic rings. The van der Waals surface area contributed by atoms with Gasteiger partial charge in [-0.05, 0) is 51.9 Å². The minimum absolute atomic E-state index is 0. The van der Waals surface area contributed by atoms with E-state index in [1.807, 2.05) is 17.3 Å². The number of carbonyl (C=O) groups excluding carboxylic acids is 2. The summed E-state index contributed by atoms with van der Waals surface area (Å²) in [6.07, 6.45) is -1.43. The smallest absolute Gasteiger partial charge is 0.329 e. The molecule has 3 N–H and O–H groups in total. The van der Waals surface area contributed by atoms with Crippen molar-refractivity contribution >= 4 is 24.3 Å². The normalized spacial score (nSPS) is 16.5. The minimum atomic E-state index is -4.49. The molecular weight excluding hydrogens is 337 g/mol. The quantitative estimate of drug-likeness (QED) is 0.663. The van der Waals surface area contributed by atoms with Crippen LogP contribution in [-0.2, 0) is 4.79 Å². The Bertz CT molecular complexity index is 375. The van der Waals surface area contributed by atoms with Crippen LogP contribution in [0.5, 0.6) is 0 Å². The highest BCUT2D eigenvalue weighted by Gasteiger charge is 2.28. The van der Waals surface area contributed by atoms with Crippen molar-refractivity contribution in [3.8, 4) is 0 Å². The van der Waals surface area contributed by atoms with Gasteiger partial charge in [0.25, 0.3) is 0 Å². The number of hydrogen-bond donors (Lipinski definition) is 3. The first kappa shape index (κ1) is 21.9. The summed E-state index contributed by atoms with van der Waals surface area (Å²) in [6, 6.07) is -1.12. The van der Waals surface area contributed by atoms with Gasteiger partial charge in [-0.1, -0.05) is 0 Å². The number of rotatable bonds is 6. The molecular formula is C13H24ClF3N4O2. The largest absolute Gasteiger partial charge is 0.405 e. The molecule has 6 nitrogen and oxygen atoms in total. The van der Waals surface area contributed by atoms with E-state index in [-0.39, 0.29) is 19.0 Å². The molecule has 10 heteroatoms. The lowest BCUT2D eigenvalue weighted by Crippen LogP contribution is -2.48. The molecule has 0 aliphatic carbocycles. The zero-order chi connectivity index (χ0) is 16.6. The third-order valence-corrected chi connectivity index (χ3v) is 3.58. The lowest BCUT2D eigenvalue weighted by molar-refractivity contribution is -0.125. The summed E-state index contributed by atoms with van der Waals surface area (Å²) in [7, 11) is 1.91. The number of alkyl halides is 3. The number of piperidine rings is 1. The van der Waals surface area contributed by atoms with Crippen LogP contribution >= 0.6 is 12.4 Å². The summed E-state index contributed by atoms with van der Waals surface area (Å²) in [6.45, 7) is 1.05. The monoisotopic (exact) mass is 360 g/mol. The minimum Gasteiger partial charge on any atom is -0.329 e. The average Bonchev–Trinajstić information content (AvgIpc) is 2.43. The fraction of sp³-hybridized carbons (Fsp3) is 0.846. The maximum Gasteiger partial charge on any atom is 0.405 e. The Morgan fingerprint density at radius 2 is 1.83 bits per heavy atom. The Morgan fingerprint density at radius 3 is 2.35 bits per heavy atom. The van der Waals surface area contributed by atoms with Gasteiger partial charge in [0.05, 0.1) is 6.54 Å². The summed E-state index contributed by atoms with van der Waals surface area (Å²) in [5, 5.41) is 6.60. The molecule has 1 fully saturated rings. The van der Waals surface area contributed by atoms with Crippen molar-refractivity contribution in [2.45, 2.75) is 25.4 Å².